The Balaban J connectivity index is 1.87. The van der Waals surface area contributed by atoms with Crippen LogP contribution in [0.3, 0.4) is 0 Å². The van der Waals surface area contributed by atoms with Gasteiger partial charge in [0.1, 0.15) is 0 Å². The number of amides is 1. The molecule has 1 aliphatic heterocycles. The second kappa shape index (κ2) is 6.34. The highest BCUT2D eigenvalue weighted by Gasteiger charge is 2.26. The van der Waals surface area contributed by atoms with Crippen LogP contribution in [0.4, 0.5) is 5.69 Å². The summed E-state index contributed by atoms with van der Waals surface area (Å²) >= 11 is 6.80. The largest absolute Gasteiger partial charge is 0.304 e. The van der Waals surface area contributed by atoms with Crippen LogP contribution >= 0.6 is 31.9 Å². The van der Waals surface area contributed by atoms with Crippen LogP contribution < -0.4 is 4.90 Å². The maximum Gasteiger partial charge on any atom is 0.227 e. The van der Waals surface area contributed by atoms with E-state index in [-0.39, 0.29) is 18.2 Å². The first kappa shape index (κ1) is 15.4. The van der Waals surface area contributed by atoms with Gasteiger partial charge in [-0.3, -0.25) is 9.59 Å². The highest BCUT2D eigenvalue weighted by atomic mass is 79.9. The van der Waals surface area contributed by atoms with Gasteiger partial charge in [-0.05, 0) is 42.3 Å². The summed E-state index contributed by atoms with van der Waals surface area (Å²) in [5, 5.41) is 0. The predicted molar refractivity (Wildman–Crippen MR) is 93.3 cm³/mol. The maximum atomic E-state index is 12.4. The highest BCUT2D eigenvalue weighted by Crippen LogP contribution is 2.30. The van der Waals surface area contributed by atoms with Gasteiger partial charge < -0.3 is 4.90 Å². The molecule has 0 atom stereocenters. The van der Waals surface area contributed by atoms with Crippen molar-refractivity contribution in [3.63, 3.8) is 0 Å². The Labute approximate surface area is 145 Å². The standard InChI is InChI=1S/C17H13Br2NO2/c18-13-4-1-11(2-5-13)16(21)10-20-15-7-6-14(19)9-12(15)3-8-17(20)22/h1-2,4-7,9H,3,8,10H2. The Morgan fingerprint density at radius 2 is 1.68 bits per heavy atom. The van der Waals surface area contributed by atoms with E-state index in [1.807, 2.05) is 30.3 Å². The van der Waals surface area contributed by atoms with E-state index in [1.165, 1.54) is 0 Å². The summed E-state index contributed by atoms with van der Waals surface area (Å²) in [5.74, 6) is -0.0584. The number of rotatable bonds is 3. The lowest BCUT2D eigenvalue weighted by atomic mass is 10.0. The SMILES string of the molecule is O=C(CN1C(=O)CCc2cc(Br)ccc21)c1ccc(Br)cc1. The van der Waals surface area contributed by atoms with Crippen LogP contribution in [-0.4, -0.2) is 18.2 Å². The van der Waals surface area contributed by atoms with Crippen LogP contribution in [0.25, 0.3) is 0 Å². The summed E-state index contributed by atoms with van der Waals surface area (Å²) in [6.45, 7) is 0.0785. The predicted octanol–water partition coefficient (Wildman–Crippen LogP) is 4.37. The number of carbonyl (C=O) groups excluding carboxylic acids is 2. The number of benzene rings is 2. The zero-order valence-corrected chi connectivity index (χ0v) is 14.9. The third kappa shape index (κ3) is 3.15. The average Bonchev–Trinajstić information content (AvgIpc) is 2.50. The zero-order chi connectivity index (χ0) is 15.7. The highest BCUT2D eigenvalue weighted by molar-refractivity contribution is 9.10. The molecule has 5 heteroatoms. The Morgan fingerprint density at radius 1 is 1.00 bits per heavy atom. The first-order chi connectivity index (χ1) is 10.5. The van der Waals surface area contributed by atoms with E-state index in [1.54, 1.807) is 17.0 Å². The third-order valence-corrected chi connectivity index (χ3v) is 4.73. The van der Waals surface area contributed by atoms with Gasteiger partial charge in [0, 0.05) is 26.6 Å². The molecule has 0 fully saturated rings. The van der Waals surface area contributed by atoms with Gasteiger partial charge in [-0.25, -0.2) is 0 Å². The van der Waals surface area contributed by atoms with Crippen LogP contribution in [0.15, 0.2) is 51.4 Å². The van der Waals surface area contributed by atoms with Crippen molar-refractivity contribution in [1.29, 1.82) is 0 Å². The molecule has 2 aromatic rings. The van der Waals surface area contributed by atoms with Crippen molar-refractivity contribution in [3.8, 4) is 0 Å². The maximum absolute atomic E-state index is 12.4. The third-order valence-electron chi connectivity index (χ3n) is 3.71. The zero-order valence-electron chi connectivity index (χ0n) is 11.7. The second-order valence-corrected chi connectivity index (χ2v) is 7.01. The second-order valence-electron chi connectivity index (χ2n) is 5.18. The van der Waals surface area contributed by atoms with Gasteiger partial charge in [0.15, 0.2) is 5.78 Å². The normalized spacial score (nSPS) is 13.9. The Morgan fingerprint density at radius 3 is 2.41 bits per heavy atom. The Kier molecular flexibility index (Phi) is 4.45. The van der Waals surface area contributed by atoms with Crippen molar-refractivity contribution in [3.05, 3.63) is 62.5 Å². The van der Waals surface area contributed by atoms with E-state index >= 15 is 0 Å². The molecule has 1 aliphatic rings. The van der Waals surface area contributed by atoms with Crippen molar-refractivity contribution in [1.82, 2.24) is 0 Å². The quantitative estimate of drug-likeness (QED) is 0.688. The van der Waals surface area contributed by atoms with Gasteiger partial charge in [-0.2, -0.15) is 0 Å². The summed E-state index contributed by atoms with van der Waals surface area (Å²) in [6, 6.07) is 13.0. The molecule has 0 saturated carbocycles. The number of ketones is 1. The Hall–Kier alpha value is -1.46. The number of Topliss-reactive ketones (excluding diaryl/α,β-unsaturated/α-hetero) is 1. The molecular formula is C17H13Br2NO2. The lowest BCUT2D eigenvalue weighted by Gasteiger charge is -2.29. The molecule has 2 aromatic carbocycles. The van der Waals surface area contributed by atoms with E-state index in [4.69, 9.17) is 0 Å². The van der Waals surface area contributed by atoms with Gasteiger partial charge in [0.05, 0.1) is 6.54 Å². The van der Waals surface area contributed by atoms with Gasteiger partial charge >= 0.3 is 0 Å². The fraction of sp³-hybridized carbons (Fsp3) is 0.176. The Bertz CT molecular complexity index is 741. The van der Waals surface area contributed by atoms with Crippen molar-refractivity contribution >= 4 is 49.2 Å². The minimum atomic E-state index is -0.0587. The molecule has 22 heavy (non-hydrogen) atoms. The molecule has 3 rings (SSSR count). The van der Waals surface area contributed by atoms with Crippen molar-refractivity contribution in [2.24, 2.45) is 0 Å². The van der Waals surface area contributed by atoms with Crippen molar-refractivity contribution in [2.75, 3.05) is 11.4 Å². The molecule has 0 radical (unpaired) electrons. The summed E-state index contributed by atoms with van der Waals surface area (Å²) in [4.78, 5) is 26.2. The summed E-state index contributed by atoms with van der Waals surface area (Å²) < 4.78 is 1.91. The molecule has 0 spiro atoms. The molecule has 0 saturated heterocycles. The van der Waals surface area contributed by atoms with Crippen molar-refractivity contribution in [2.45, 2.75) is 12.8 Å². The molecule has 112 valence electrons. The van der Waals surface area contributed by atoms with Crippen LogP contribution in [0, 0.1) is 0 Å². The summed E-state index contributed by atoms with van der Waals surface area (Å²) in [6.07, 6.45) is 1.16. The summed E-state index contributed by atoms with van der Waals surface area (Å²) in [7, 11) is 0. The van der Waals surface area contributed by atoms with Crippen LogP contribution in [0.2, 0.25) is 0 Å². The molecule has 0 aliphatic carbocycles. The molecule has 0 N–H and O–H groups in total. The fourth-order valence-corrected chi connectivity index (χ4v) is 3.25. The number of nitrogens with zero attached hydrogens (tertiary/aromatic N) is 1. The molecular weight excluding hydrogens is 410 g/mol. The smallest absolute Gasteiger partial charge is 0.227 e. The summed E-state index contributed by atoms with van der Waals surface area (Å²) in [5.41, 5.74) is 2.54. The van der Waals surface area contributed by atoms with Crippen LogP contribution in [0.1, 0.15) is 22.3 Å². The minimum Gasteiger partial charge on any atom is -0.304 e. The minimum absolute atomic E-state index is 0.000263. The van der Waals surface area contributed by atoms with Gasteiger partial charge in [-0.15, -0.1) is 0 Å². The molecule has 0 bridgehead atoms. The molecule has 0 unspecified atom stereocenters. The number of aryl methyl sites for hydroxylation is 1. The topological polar surface area (TPSA) is 37.4 Å². The van der Waals surface area contributed by atoms with Gasteiger partial charge in [0.2, 0.25) is 5.91 Å². The number of fused-ring (bicyclic) bond motifs is 1. The molecule has 1 heterocycles. The van der Waals surface area contributed by atoms with E-state index in [0.29, 0.717) is 12.0 Å². The number of halogens is 2. The van der Waals surface area contributed by atoms with Crippen molar-refractivity contribution < 1.29 is 9.59 Å². The van der Waals surface area contributed by atoms with Gasteiger partial charge in [0.25, 0.3) is 0 Å². The fourth-order valence-electron chi connectivity index (χ4n) is 2.57. The van der Waals surface area contributed by atoms with Gasteiger partial charge in [-0.1, -0.05) is 44.0 Å². The van der Waals surface area contributed by atoms with E-state index in [2.05, 4.69) is 31.9 Å². The monoisotopic (exact) mass is 421 g/mol. The van der Waals surface area contributed by atoms with E-state index in [0.717, 1.165) is 26.6 Å². The lowest BCUT2D eigenvalue weighted by Crippen LogP contribution is -2.39. The van der Waals surface area contributed by atoms with E-state index in [9.17, 15) is 9.59 Å². The number of hydrogen-bond acceptors (Lipinski definition) is 2. The first-order valence-electron chi connectivity index (χ1n) is 6.92. The number of carbonyl (C=O) groups is 2. The lowest BCUT2D eigenvalue weighted by molar-refractivity contribution is -0.118. The molecule has 3 nitrogen and oxygen atoms in total. The van der Waals surface area contributed by atoms with Crippen LogP contribution in [-0.2, 0) is 11.2 Å². The van der Waals surface area contributed by atoms with Crippen LogP contribution in [0.5, 0.6) is 0 Å². The first-order valence-corrected chi connectivity index (χ1v) is 8.51. The number of anilines is 1. The molecule has 1 amide bonds. The van der Waals surface area contributed by atoms with E-state index < -0.39 is 0 Å². The molecule has 0 aromatic heterocycles. The number of hydrogen-bond donors (Lipinski definition) is 0. The average molecular weight is 423 g/mol.